The van der Waals surface area contributed by atoms with Crippen LogP contribution in [0.15, 0.2) is 0 Å². The highest BCUT2D eigenvalue weighted by Gasteiger charge is 2.17. The Bertz CT molecular complexity index is 428. The Morgan fingerprint density at radius 1 is 1.47 bits per heavy atom. The molecule has 106 valence electrons. The number of carbonyl (C=O) groups is 1. The molecule has 0 unspecified atom stereocenters. The van der Waals surface area contributed by atoms with E-state index in [4.69, 9.17) is 9.84 Å². The van der Waals surface area contributed by atoms with Crippen molar-refractivity contribution < 1.29 is 14.6 Å². The minimum absolute atomic E-state index is 0.155. The second-order valence-corrected chi connectivity index (χ2v) is 5.96. The third-order valence-corrected chi connectivity index (χ3v) is 4.37. The zero-order valence-corrected chi connectivity index (χ0v) is 12.0. The number of methoxy groups -OCH3 is 1. The number of aliphatic carboxylic acids is 1. The van der Waals surface area contributed by atoms with Crippen LogP contribution in [0.3, 0.4) is 0 Å². The van der Waals surface area contributed by atoms with Crippen LogP contribution in [0, 0.1) is 0 Å². The van der Waals surface area contributed by atoms with Crippen LogP contribution in [0.25, 0.3) is 0 Å². The summed E-state index contributed by atoms with van der Waals surface area (Å²) in [5, 5.41) is 9.86. The fourth-order valence-corrected chi connectivity index (χ4v) is 3.42. The number of aromatic nitrogens is 1. The number of nitrogens with zero attached hydrogens (tertiary/aromatic N) is 2. The molecule has 0 bridgehead atoms. The summed E-state index contributed by atoms with van der Waals surface area (Å²) in [4.78, 5) is 18.7. The van der Waals surface area contributed by atoms with Gasteiger partial charge in [-0.3, -0.25) is 9.69 Å². The van der Waals surface area contributed by atoms with Crippen molar-refractivity contribution in [2.24, 2.45) is 0 Å². The number of ether oxygens (including phenoxy) is 1. The van der Waals surface area contributed by atoms with Crippen LogP contribution < -0.4 is 0 Å². The summed E-state index contributed by atoms with van der Waals surface area (Å²) < 4.78 is 5.14. The molecule has 5 nitrogen and oxygen atoms in total. The summed E-state index contributed by atoms with van der Waals surface area (Å²) in [5.74, 6) is -0.766. The van der Waals surface area contributed by atoms with E-state index in [1.165, 1.54) is 12.8 Å². The second kappa shape index (κ2) is 6.98. The standard InChI is InChI=1S/C13H20N2O3S/c1-18-9-10-11(4-5-13(16)17)19-12(14-10)8-15-6-2-3-7-15/h2-9H2,1H3,(H,16,17). The van der Waals surface area contributed by atoms with E-state index in [1.54, 1.807) is 18.4 Å². The summed E-state index contributed by atoms with van der Waals surface area (Å²) in [7, 11) is 1.64. The van der Waals surface area contributed by atoms with Gasteiger partial charge in [-0.2, -0.15) is 0 Å². The highest BCUT2D eigenvalue weighted by Crippen LogP contribution is 2.23. The van der Waals surface area contributed by atoms with Crippen LogP contribution in [0.1, 0.15) is 34.8 Å². The van der Waals surface area contributed by atoms with E-state index in [0.29, 0.717) is 13.0 Å². The number of hydrogen-bond donors (Lipinski definition) is 1. The molecule has 0 aromatic carbocycles. The van der Waals surface area contributed by atoms with Gasteiger partial charge in [0.05, 0.1) is 25.3 Å². The SMILES string of the molecule is COCc1nc(CN2CCCC2)sc1CCC(=O)O. The zero-order valence-electron chi connectivity index (χ0n) is 11.2. The van der Waals surface area contributed by atoms with Gasteiger partial charge in [0.2, 0.25) is 0 Å². The molecule has 2 heterocycles. The lowest BCUT2D eigenvalue weighted by molar-refractivity contribution is -0.136. The van der Waals surface area contributed by atoms with Gasteiger partial charge in [-0.1, -0.05) is 0 Å². The molecule has 1 aromatic rings. The Labute approximate surface area is 117 Å². The molecular weight excluding hydrogens is 264 g/mol. The largest absolute Gasteiger partial charge is 0.481 e. The van der Waals surface area contributed by atoms with Crippen LogP contribution in [0.5, 0.6) is 0 Å². The Kier molecular flexibility index (Phi) is 5.30. The van der Waals surface area contributed by atoms with Crippen molar-refractivity contribution in [3.05, 3.63) is 15.6 Å². The number of hydrogen-bond acceptors (Lipinski definition) is 5. The third kappa shape index (κ3) is 4.26. The van der Waals surface area contributed by atoms with Crippen molar-refractivity contribution >= 4 is 17.3 Å². The number of carboxylic acid groups (broad SMARTS) is 1. The van der Waals surface area contributed by atoms with Crippen LogP contribution in [-0.2, 0) is 29.1 Å². The molecule has 0 saturated carbocycles. The minimum atomic E-state index is -0.766. The van der Waals surface area contributed by atoms with Crippen molar-refractivity contribution in [3.63, 3.8) is 0 Å². The van der Waals surface area contributed by atoms with E-state index >= 15 is 0 Å². The molecular formula is C13H20N2O3S. The summed E-state index contributed by atoms with van der Waals surface area (Å²) in [5.41, 5.74) is 0.906. The lowest BCUT2D eigenvalue weighted by Crippen LogP contribution is -2.18. The lowest BCUT2D eigenvalue weighted by Gasteiger charge is -2.11. The Morgan fingerprint density at radius 2 is 2.21 bits per heavy atom. The number of likely N-dealkylation sites (tertiary alicyclic amines) is 1. The average Bonchev–Trinajstić information content (AvgIpc) is 2.98. The van der Waals surface area contributed by atoms with Gasteiger partial charge in [0.15, 0.2) is 0 Å². The van der Waals surface area contributed by atoms with Crippen molar-refractivity contribution in [1.29, 1.82) is 0 Å². The van der Waals surface area contributed by atoms with Crippen molar-refractivity contribution in [2.45, 2.75) is 38.8 Å². The molecule has 1 N–H and O–H groups in total. The normalized spacial score (nSPS) is 16.1. The first kappa shape index (κ1) is 14.4. The number of aryl methyl sites for hydroxylation is 1. The molecule has 1 aromatic heterocycles. The predicted molar refractivity (Wildman–Crippen MR) is 73.3 cm³/mol. The maximum Gasteiger partial charge on any atom is 0.303 e. The summed E-state index contributed by atoms with van der Waals surface area (Å²) in [6, 6.07) is 0. The fourth-order valence-electron chi connectivity index (χ4n) is 2.30. The van der Waals surface area contributed by atoms with Gasteiger partial charge in [0.1, 0.15) is 5.01 Å². The highest BCUT2D eigenvalue weighted by atomic mass is 32.1. The fraction of sp³-hybridized carbons (Fsp3) is 0.692. The monoisotopic (exact) mass is 284 g/mol. The van der Waals surface area contributed by atoms with Gasteiger partial charge < -0.3 is 9.84 Å². The van der Waals surface area contributed by atoms with Crippen molar-refractivity contribution in [2.75, 3.05) is 20.2 Å². The van der Waals surface area contributed by atoms with E-state index in [2.05, 4.69) is 9.88 Å². The van der Waals surface area contributed by atoms with Gasteiger partial charge in [-0.05, 0) is 32.4 Å². The van der Waals surface area contributed by atoms with Gasteiger partial charge in [0.25, 0.3) is 0 Å². The molecule has 0 amide bonds. The summed E-state index contributed by atoms with van der Waals surface area (Å²) in [6.45, 7) is 3.63. The topological polar surface area (TPSA) is 62.7 Å². The molecule has 1 saturated heterocycles. The maximum atomic E-state index is 10.7. The molecule has 2 rings (SSSR count). The Hall–Kier alpha value is -0.980. The van der Waals surface area contributed by atoms with Crippen molar-refractivity contribution in [3.8, 4) is 0 Å². The Balaban J connectivity index is 2.02. The molecule has 0 aliphatic carbocycles. The summed E-state index contributed by atoms with van der Waals surface area (Å²) >= 11 is 1.63. The Morgan fingerprint density at radius 3 is 2.84 bits per heavy atom. The van der Waals surface area contributed by atoms with Crippen LogP contribution in [-0.4, -0.2) is 41.2 Å². The van der Waals surface area contributed by atoms with Crippen LogP contribution in [0.4, 0.5) is 0 Å². The van der Waals surface area contributed by atoms with Gasteiger partial charge in [-0.15, -0.1) is 11.3 Å². The predicted octanol–water partition coefficient (Wildman–Crippen LogP) is 1.90. The smallest absolute Gasteiger partial charge is 0.303 e. The van der Waals surface area contributed by atoms with Gasteiger partial charge >= 0.3 is 5.97 Å². The average molecular weight is 284 g/mol. The number of carboxylic acids is 1. The molecule has 0 atom stereocenters. The van der Waals surface area contributed by atoms with E-state index in [9.17, 15) is 4.79 Å². The third-order valence-electron chi connectivity index (χ3n) is 3.23. The summed E-state index contributed by atoms with van der Waals surface area (Å²) in [6.07, 6.45) is 3.23. The molecule has 1 fully saturated rings. The highest BCUT2D eigenvalue weighted by molar-refractivity contribution is 7.11. The van der Waals surface area contributed by atoms with Gasteiger partial charge in [-0.25, -0.2) is 4.98 Å². The second-order valence-electron chi connectivity index (χ2n) is 4.79. The first-order chi connectivity index (χ1) is 9.19. The number of thiazole rings is 1. The van der Waals surface area contributed by atoms with E-state index in [1.807, 2.05) is 0 Å². The quantitative estimate of drug-likeness (QED) is 0.828. The van der Waals surface area contributed by atoms with Gasteiger partial charge in [0, 0.05) is 12.0 Å². The van der Waals surface area contributed by atoms with Crippen LogP contribution in [0.2, 0.25) is 0 Å². The molecule has 6 heteroatoms. The van der Waals surface area contributed by atoms with Crippen LogP contribution >= 0.6 is 11.3 Å². The molecule has 1 aliphatic rings. The first-order valence-corrected chi connectivity index (χ1v) is 7.41. The molecule has 19 heavy (non-hydrogen) atoms. The lowest BCUT2D eigenvalue weighted by atomic mass is 10.2. The first-order valence-electron chi connectivity index (χ1n) is 6.59. The van der Waals surface area contributed by atoms with E-state index in [-0.39, 0.29) is 6.42 Å². The maximum absolute atomic E-state index is 10.7. The molecule has 0 radical (unpaired) electrons. The number of rotatable bonds is 7. The molecule has 1 aliphatic heterocycles. The molecule has 0 spiro atoms. The minimum Gasteiger partial charge on any atom is -0.481 e. The van der Waals surface area contributed by atoms with E-state index in [0.717, 1.165) is 35.2 Å². The van der Waals surface area contributed by atoms with Crippen molar-refractivity contribution in [1.82, 2.24) is 9.88 Å². The van der Waals surface area contributed by atoms with E-state index < -0.39 is 5.97 Å². The zero-order chi connectivity index (χ0) is 13.7.